The van der Waals surface area contributed by atoms with Crippen LogP contribution in [-0.4, -0.2) is 54.6 Å². The lowest BCUT2D eigenvalue weighted by Crippen LogP contribution is -2.23. The van der Waals surface area contributed by atoms with E-state index in [2.05, 4.69) is 4.90 Å². The van der Waals surface area contributed by atoms with Crippen molar-refractivity contribution in [2.24, 2.45) is 0 Å². The maximum absolute atomic E-state index is 10.3. The van der Waals surface area contributed by atoms with Gasteiger partial charge >= 0.3 is 5.97 Å². The third-order valence-electron chi connectivity index (χ3n) is 1.88. The molecular formula is C10H20N2O2. The van der Waals surface area contributed by atoms with Crippen molar-refractivity contribution in [3.8, 4) is 0 Å². The lowest BCUT2D eigenvalue weighted by atomic mass is 10.3. The fraction of sp³-hybridized carbons (Fsp3) is 0.700. The first-order valence-corrected chi connectivity index (χ1v) is 4.86. The number of nitrogens with zero attached hydrogens (tertiary/aromatic N) is 2. The Balaban J connectivity index is 3.74. The van der Waals surface area contributed by atoms with Crippen molar-refractivity contribution in [2.75, 3.05) is 33.7 Å². The van der Waals surface area contributed by atoms with E-state index in [1.165, 1.54) is 6.08 Å². The molecule has 4 heteroatoms. The minimum absolute atomic E-state index is 0.844. The summed E-state index contributed by atoms with van der Waals surface area (Å²) in [7, 11) is 4.06. The van der Waals surface area contributed by atoms with Crippen molar-refractivity contribution in [1.29, 1.82) is 0 Å². The Labute approximate surface area is 85.8 Å². The Hall–Kier alpha value is -1.03. The molecule has 4 nitrogen and oxygen atoms in total. The molecule has 0 saturated carbocycles. The average molecular weight is 200 g/mol. The zero-order valence-corrected chi connectivity index (χ0v) is 9.23. The number of hydrogen-bond acceptors (Lipinski definition) is 3. The van der Waals surface area contributed by atoms with E-state index < -0.39 is 5.97 Å². The Morgan fingerprint density at radius 3 is 2.43 bits per heavy atom. The highest BCUT2D eigenvalue weighted by atomic mass is 16.4. The molecule has 0 fully saturated rings. The van der Waals surface area contributed by atoms with Crippen LogP contribution in [0.15, 0.2) is 12.3 Å². The fourth-order valence-electron chi connectivity index (χ4n) is 1.10. The lowest BCUT2D eigenvalue weighted by Gasteiger charge is -2.18. The van der Waals surface area contributed by atoms with Gasteiger partial charge in [0.1, 0.15) is 0 Å². The van der Waals surface area contributed by atoms with Gasteiger partial charge in [-0.1, -0.05) is 0 Å². The van der Waals surface area contributed by atoms with Crippen molar-refractivity contribution in [2.45, 2.75) is 13.3 Å². The zero-order valence-electron chi connectivity index (χ0n) is 9.23. The van der Waals surface area contributed by atoms with Crippen LogP contribution in [-0.2, 0) is 4.79 Å². The quantitative estimate of drug-likeness (QED) is 0.619. The van der Waals surface area contributed by atoms with Gasteiger partial charge in [0.15, 0.2) is 0 Å². The molecule has 0 bridgehead atoms. The van der Waals surface area contributed by atoms with Crippen LogP contribution in [0.1, 0.15) is 13.3 Å². The van der Waals surface area contributed by atoms with Gasteiger partial charge in [-0.25, -0.2) is 4.79 Å². The summed E-state index contributed by atoms with van der Waals surface area (Å²) in [4.78, 5) is 14.4. The molecule has 0 aliphatic carbocycles. The number of carboxylic acids is 1. The number of carbonyl (C=O) groups is 1. The molecule has 0 unspecified atom stereocenters. The number of aliphatic carboxylic acids is 1. The molecule has 0 radical (unpaired) electrons. The van der Waals surface area contributed by atoms with Gasteiger partial charge in [0.25, 0.3) is 0 Å². The summed E-state index contributed by atoms with van der Waals surface area (Å²) in [6.07, 6.45) is 3.86. The average Bonchev–Trinajstić information content (AvgIpc) is 2.10. The van der Waals surface area contributed by atoms with Gasteiger partial charge in [-0.05, 0) is 34.0 Å². The molecule has 0 aliphatic heterocycles. The van der Waals surface area contributed by atoms with Gasteiger partial charge in [-0.15, -0.1) is 0 Å². The summed E-state index contributed by atoms with van der Waals surface area (Å²) < 4.78 is 0. The van der Waals surface area contributed by atoms with Crippen molar-refractivity contribution >= 4 is 5.97 Å². The molecular weight excluding hydrogens is 180 g/mol. The summed E-state index contributed by atoms with van der Waals surface area (Å²) in [6.45, 7) is 4.79. The smallest absolute Gasteiger partial charge is 0.329 e. The fourth-order valence-corrected chi connectivity index (χ4v) is 1.10. The zero-order chi connectivity index (χ0) is 11.0. The minimum Gasteiger partial charge on any atom is -0.478 e. The molecule has 0 aliphatic rings. The largest absolute Gasteiger partial charge is 0.478 e. The SMILES string of the molecule is CCN(/C=C/C(=O)O)CCCN(C)C. The van der Waals surface area contributed by atoms with Crippen LogP contribution in [0.5, 0.6) is 0 Å². The summed E-state index contributed by atoms with van der Waals surface area (Å²) in [6, 6.07) is 0. The molecule has 0 rings (SSSR count). The summed E-state index contributed by atoms with van der Waals surface area (Å²) in [5.41, 5.74) is 0. The molecule has 82 valence electrons. The van der Waals surface area contributed by atoms with Crippen LogP contribution < -0.4 is 0 Å². The molecule has 0 saturated heterocycles. The van der Waals surface area contributed by atoms with Crippen molar-refractivity contribution in [1.82, 2.24) is 9.80 Å². The maximum atomic E-state index is 10.3. The normalized spacial score (nSPS) is 11.1. The standard InChI is InChI=1S/C10H20N2O2/c1-4-12(9-6-10(13)14)8-5-7-11(2)3/h6,9H,4-5,7-8H2,1-3H3,(H,13,14)/b9-6+. The maximum Gasteiger partial charge on any atom is 0.329 e. The van der Waals surface area contributed by atoms with Gasteiger partial charge in [0.2, 0.25) is 0 Å². The van der Waals surface area contributed by atoms with E-state index in [1.807, 2.05) is 25.9 Å². The predicted molar refractivity (Wildman–Crippen MR) is 57.2 cm³/mol. The van der Waals surface area contributed by atoms with Crippen LogP contribution in [0.3, 0.4) is 0 Å². The first-order valence-electron chi connectivity index (χ1n) is 4.86. The van der Waals surface area contributed by atoms with Gasteiger partial charge in [0, 0.05) is 25.4 Å². The lowest BCUT2D eigenvalue weighted by molar-refractivity contribution is -0.131. The topological polar surface area (TPSA) is 43.8 Å². The molecule has 0 spiro atoms. The van der Waals surface area contributed by atoms with Crippen molar-refractivity contribution < 1.29 is 9.90 Å². The van der Waals surface area contributed by atoms with Crippen molar-refractivity contribution in [3.05, 3.63) is 12.3 Å². The van der Waals surface area contributed by atoms with Crippen molar-refractivity contribution in [3.63, 3.8) is 0 Å². The Kier molecular flexibility index (Phi) is 6.84. The van der Waals surface area contributed by atoms with Crippen LogP contribution in [0, 0.1) is 0 Å². The molecule has 14 heavy (non-hydrogen) atoms. The number of hydrogen-bond donors (Lipinski definition) is 1. The Morgan fingerprint density at radius 2 is 2.00 bits per heavy atom. The molecule has 0 amide bonds. The third-order valence-corrected chi connectivity index (χ3v) is 1.88. The van der Waals surface area contributed by atoms with E-state index in [-0.39, 0.29) is 0 Å². The Bertz CT molecular complexity index is 191. The van der Waals surface area contributed by atoms with Gasteiger partial charge in [-0.3, -0.25) is 0 Å². The van der Waals surface area contributed by atoms with Gasteiger partial charge in [-0.2, -0.15) is 0 Å². The monoisotopic (exact) mass is 200 g/mol. The first kappa shape index (κ1) is 13.0. The van der Waals surface area contributed by atoms with E-state index in [4.69, 9.17) is 5.11 Å². The van der Waals surface area contributed by atoms with Crippen LogP contribution in [0.25, 0.3) is 0 Å². The molecule has 0 aromatic heterocycles. The van der Waals surface area contributed by atoms with E-state index in [0.717, 1.165) is 26.1 Å². The first-order chi connectivity index (χ1) is 6.56. The molecule has 0 aromatic carbocycles. The second-order valence-electron chi connectivity index (χ2n) is 3.44. The minimum atomic E-state index is -0.893. The van der Waals surface area contributed by atoms with Gasteiger partial charge < -0.3 is 14.9 Å². The van der Waals surface area contributed by atoms with Gasteiger partial charge in [0.05, 0.1) is 0 Å². The van der Waals surface area contributed by atoms with E-state index in [1.54, 1.807) is 6.20 Å². The van der Waals surface area contributed by atoms with E-state index >= 15 is 0 Å². The highest BCUT2D eigenvalue weighted by Gasteiger charge is 1.97. The second-order valence-corrected chi connectivity index (χ2v) is 3.44. The molecule has 0 atom stereocenters. The molecule has 0 aromatic rings. The highest BCUT2D eigenvalue weighted by molar-refractivity contribution is 5.79. The summed E-state index contributed by atoms with van der Waals surface area (Å²) in [5.74, 6) is -0.893. The second kappa shape index (κ2) is 7.38. The van der Waals surface area contributed by atoms with E-state index in [9.17, 15) is 4.79 Å². The summed E-state index contributed by atoms with van der Waals surface area (Å²) >= 11 is 0. The summed E-state index contributed by atoms with van der Waals surface area (Å²) in [5, 5.41) is 8.45. The number of rotatable bonds is 7. The van der Waals surface area contributed by atoms with Crippen LogP contribution >= 0.6 is 0 Å². The highest BCUT2D eigenvalue weighted by Crippen LogP contribution is 1.93. The number of carboxylic acid groups (broad SMARTS) is 1. The van der Waals surface area contributed by atoms with Crippen LogP contribution in [0.2, 0.25) is 0 Å². The predicted octanol–water partition coefficient (Wildman–Crippen LogP) is 0.858. The molecule has 1 N–H and O–H groups in total. The third kappa shape index (κ3) is 7.61. The molecule has 0 heterocycles. The van der Waals surface area contributed by atoms with Crippen LogP contribution in [0.4, 0.5) is 0 Å². The Morgan fingerprint density at radius 1 is 1.36 bits per heavy atom. The van der Waals surface area contributed by atoms with E-state index in [0.29, 0.717) is 0 Å².